The van der Waals surface area contributed by atoms with Crippen molar-refractivity contribution in [1.29, 1.82) is 0 Å². The van der Waals surface area contributed by atoms with E-state index >= 15 is 0 Å². The van der Waals surface area contributed by atoms with Crippen LogP contribution >= 0.6 is 0 Å². The van der Waals surface area contributed by atoms with E-state index in [1.807, 2.05) is 77.4 Å². The third-order valence-electron chi connectivity index (χ3n) is 22.2. The van der Waals surface area contributed by atoms with Gasteiger partial charge in [0.1, 0.15) is 0 Å². The molecule has 0 unspecified atom stereocenters. The van der Waals surface area contributed by atoms with Crippen LogP contribution < -0.4 is 31.1 Å². The summed E-state index contributed by atoms with van der Waals surface area (Å²) in [7, 11) is 0. The monoisotopic (exact) mass is 1450 g/mol. The molecule has 0 fully saturated rings. The largest absolute Gasteiger partial charge is 0.310 e. The van der Waals surface area contributed by atoms with Crippen molar-refractivity contribution in [2.75, 3.05) is 14.7 Å². The van der Waals surface area contributed by atoms with Gasteiger partial charge in [0.25, 0.3) is 6.71 Å². The van der Waals surface area contributed by atoms with Crippen molar-refractivity contribution in [2.45, 2.75) is 105 Å². The molecule has 1 aromatic heterocycles. The number of hydrogen-bond acceptors (Lipinski definition) is 3. The third kappa shape index (κ3) is 12.6. The lowest BCUT2D eigenvalue weighted by atomic mass is 9.33. The molecule has 18 rings (SSSR count). The minimum Gasteiger partial charge on any atom is -0.310 e. The van der Waals surface area contributed by atoms with Crippen LogP contribution in [0.25, 0.3) is 94.3 Å². The molecule has 0 spiro atoms. The maximum atomic E-state index is 10.6. The van der Waals surface area contributed by atoms with E-state index in [-0.39, 0.29) is 57.2 Å². The van der Waals surface area contributed by atoms with Gasteiger partial charge in [0.05, 0.1) is 47.3 Å². The van der Waals surface area contributed by atoms with Crippen LogP contribution in [0.2, 0.25) is 0 Å². The van der Waals surface area contributed by atoms with Crippen molar-refractivity contribution in [3.05, 3.63) is 368 Å². The molecular formula is C106H93BN4. The van der Waals surface area contributed by atoms with Gasteiger partial charge >= 0.3 is 0 Å². The van der Waals surface area contributed by atoms with E-state index in [9.17, 15) is 13.7 Å². The highest BCUT2D eigenvalue weighted by Gasteiger charge is 2.46. The summed E-state index contributed by atoms with van der Waals surface area (Å²) in [6.45, 7) is 26.2. The maximum absolute atomic E-state index is 10.6. The molecule has 15 aromatic carbocycles. The summed E-state index contributed by atoms with van der Waals surface area (Å²) < 4.78 is 135. The number of benzene rings is 15. The quantitative estimate of drug-likeness (QED) is 0.113. The van der Waals surface area contributed by atoms with E-state index < -0.39 is 78.0 Å². The van der Waals surface area contributed by atoms with Crippen LogP contribution in [0.3, 0.4) is 0 Å². The fraction of sp³-hybridized carbons (Fsp3) is 0.151. The smallest absolute Gasteiger partial charge is 0.252 e. The Labute approximate surface area is 676 Å². The first-order valence-corrected chi connectivity index (χ1v) is 38.3. The van der Waals surface area contributed by atoms with E-state index in [1.165, 1.54) is 11.1 Å². The third-order valence-corrected chi connectivity index (χ3v) is 22.2. The number of rotatable bonds is 12. The molecule has 5 heteroatoms. The van der Waals surface area contributed by atoms with Gasteiger partial charge in [-0.1, -0.05) is 332 Å². The van der Waals surface area contributed by atoms with Crippen molar-refractivity contribution in [2.24, 2.45) is 0 Å². The molecular weight excluding hydrogens is 1340 g/mol. The minimum absolute atomic E-state index is 0.0115. The minimum atomic E-state index is -0.687. The molecule has 0 amide bonds. The molecule has 0 bridgehead atoms. The molecule has 0 atom stereocenters. The van der Waals surface area contributed by atoms with E-state index in [2.05, 4.69) is 245 Å². The molecule has 4 nitrogen and oxygen atoms in total. The Morgan fingerprint density at radius 2 is 0.676 bits per heavy atom. The fourth-order valence-electron chi connectivity index (χ4n) is 16.4. The van der Waals surface area contributed by atoms with E-state index in [4.69, 9.17) is 5.48 Å². The first-order chi connectivity index (χ1) is 59.4. The lowest BCUT2D eigenvalue weighted by molar-refractivity contribution is 0.569. The Balaban J connectivity index is 1.09. The van der Waals surface area contributed by atoms with Gasteiger partial charge in [-0.05, 0) is 202 Å². The summed E-state index contributed by atoms with van der Waals surface area (Å²) in [5.74, 6) is 0. The van der Waals surface area contributed by atoms with Crippen molar-refractivity contribution in [3.63, 3.8) is 0 Å². The van der Waals surface area contributed by atoms with Crippen molar-refractivity contribution in [3.8, 4) is 72.4 Å². The molecule has 16 aromatic rings. The molecule has 540 valence electrons. The van der Waals surface area contributed by atoms with Gasteiger partial charge in [0.15, 0.2) is 0 Å². The van der Waals surface area contributed by atoms with Crippen LogP contribution in [0.1, 0.15) is 125 Å². The van der Waals surface area contributed by atoms with E-state index in [0.717, 1.165) is 100 Å². The number of hydrogen-bond donors (Lipinski definition) is 0. The van der Waals surface area contributed by atoms with Crippen LogP contribution in [-0.2, 0) is 21.7 Å². The summed E-state index contributed by atoms with van der Waals surface area (Å²) in [5.41, 5.74) is 21.2. The molecule has 2 aliphatic rings. The predicted octanol–water partition coefficient (Wildman–Crippen LogP) is 27.5. The molecule has 0 saturated heterocycles. The number of nitrogens with zero attached hydrogens (tertiary/aromatic N) is 4. The topological polar surface area (TPSA) is 14.7 Å². The van der Waals surface area contributed by atoms with Gasteiger partial charge < -0.3 is 19.3 Å². The standard InChI is InChI=1S/C106H93BN4/c1-103(2,3)78-58-77(59-79(62-78)104(4,5)6)76-53-56-93-97(61-76)111(102-89(73-42-26-16-27-43-73)65-81(106(10,11)12)66-90(102)74-44-28-17-29-45-74)99-69-85(109-94-51-35-34-50-86(94)91-67-84(54-57-95(91)109)108(82-46-30-18-31-47-82)83-48-32-19-33-49-83)68-98-100(99)107(93)92-55-52-75(70-36-20-13-21-37-70)60-96(92)110(98)101-87(71-38-22-14-23-39-71)63-80(105(7,8)9)64-88(101)72-40-24-15-25-41-72/h13-69H,1-12H3/i13D,18D,20D,21D,30D,31D,34D,35D,36D,37D,46D,47D,50D,51D. The van der Waals surface area contributed by atoms with E-state index in [0.29, 0.717) is 50.6 Å². The van der Waals surface area contributed by atoms with Crippen LogP contribution in [0.5, 0.6) is 0 Å². The molecule has 0 radical (unpaired) electrons. The Bertz CT molecular complexity index is 6920. The Morgan fingerprint density at radius 1 is 0.279 bits per heavy atom. The van der Waals surface area contributed by atoms with Gasteiger partial charge in [0.2, 0.25) is 0 Å². The second kappa shape index (κ2) is 27.3. The van der Waals surface area contributed by atoms with Crippen molar-refractivity contribution in [1.82, 2.24) is 4.57 Å². The Kier molecular flexibility index (Phi) is 13.7. The lowest BCUT2D eigenvalue weighted by Gasteiger charge is -2.46. The van der Waals surface area contributed by atoms with Crippen LogP contribution in [-0.4, -0.2) is 11.3 Å². The first-order valence-electron chi connectivity index (χ1n) is 45.3. The number of para-hydroxylation sites is 3. The first kappa shape index (κ1) is 55.9. The SMILES string of the molecule is [2H]c1c([2H])c([2H])c(-c2ccc3c(c2)N(c2c(-c4ccccc4)cc(C(C)(C)C)cc2-c2ccccc2)c2cc(-n4c5ccc(N(c6ccccc6)c6c([2H])c([2H])c([2H])c([2H])c6[2H])cc5c5c([2H])c([2H])c([2H])c([2H])c54)cc4c2B3c2ccc(-c3cc(C(C)(C)C)cc(C(C)(C)C)c3)cc2N4c2c(-c3ccccc3)cc(C(C)(C)C)cc2-c2ccccc2)c([2H])c1[2H]. The van der Waals surface area contributed by atoms with Crippen LogP contribution in [0.4, 0.5) is 51.2 Å². The summed E-state index contributed by atoms with van der Waals surface area (Å²) in [4.78, 5) is 6.37. The number of aromatic nitrogens is 1. The normalized spacial score (nSPS) is 14.6. The second-order valence-electron chi connectivity index (χ2n) is 33.6. The highest BCUT2D eigenvalue weighted by Crippen LogP contribution is 2.56. The highest BCUT2D eigenvalue weighted by atomic mass is 15.2. The average Bonchev–Trinajstić information content (AvgIpc) is 1.45. The van der Waals surface area contributed by atoms with Crippen LogP contribution in [0, 0.1) is 0 Å². The molecule has 3 heterocycles. The summed E-state index contributed by atoms with van der Waals surface area (Å²) in [6, 6.07) is 83.1. The Hall–Kier alpha value is -12.4. The number of fused-ring (bicyclic) bond motifs is 7. The molecule has 2 aliphatic heterocycles. The molecule has 0 aliphatic carbocycles. The lowest BCUT2D eigenvalue weighted by Crippen LogP contribution is -2.61. The average molecular weight is 1450 g/mol. The zero-order valence-corrected chi connectivity index (χ0v) is 64.7. The van der Waals surface area contributed by atoms with Gasteiger partial charge in [-0.25, -0.2) is 0 Å². The summed E-state index contributed by atoms with van der Waals surface area (Å²) in [6.07, 6.45) is 0. The van der Waals surface area contributed by atoms with Crippen molar-refractivity contribution >= 4 is 96.1 Å². The number of anilines is 9. The van der Waals surface area contributed by atoms with Gasteiger partial charge in [0, 0.05) is 72.8 Å². The van der Waals surface area contributed by atoms with Gasteiger partial charge in [-0.2, -0.15) is 0 Å². The summed E-state index contributed by atoms with van der Waals surface area (Å²) in [5, 5.41) is 0.513. The van der Waals surface area contributed by atoms with Crippen molar-refractivity contribution < 1.29 is 19.2 Å². The molecule has 0 saturated carbocycles. The molecule has 111 heavy (non-hydrogen) atoms. The van der Waals surface area contributed by atoms with Gasteiger partial charge in [-0.3, -0.25) is 0 Å². The predicted molar refractivity (Wildman–Crippen MR) is 477 cm³/mol. The zero-order chi connectivity index (χ0) is 88.4. The van der Waals surface area contributed by atoms with Gasteiger partial charge in [-0.15, -0.1) is 0 Å². The zero-order valence-electron chi connectivity index (χ0n) is 78.7. The summed E-state index contributed by atoms with van der Waals surface area (Å²) >= 11 is 0. The second-order valence-corrected chi connectivity index (χ2v) is 33.6. The maximum Gasteiger partial charge on any atom is 0.252 e. The Morgan fingerprint density at radius 3 is 1.12 bits per heavy atom. The molecule has 0 N–H and O–H groups in total. The van der Waals surface area contributed by atoms with Crippen LogP contribution in [0.15, 0.2) is 345 Å². The highest BCUT2D eigenvalue weighted by molar-refractivity contribution is 7.00. The van der Waals surface area contributed by atoms with E-state index in [1.54, 1.807) is 41.3 Å². The fourth-order valence-corrected chi connectivity index (χ4v) is 16.4.